The monoisotopic (exact) mass is 208 g/mol. The SMILES string of the molecule is Cc1cc(F)ccc1CC(O)CC1CC1. The molecule has 1 atom stereocenters. The first-order valence-corrected chi connectivity index (χ1v) is 5.58. The Labute approximate surface area is 89.9 Å². The van der Waals surface area contributed by atoms with Gasteiger partial charge in [-0.3, -0.25) is 0 Å². The van der Waals surface area contributed by atoms with Gasteiger partial charge in [0, 0.05) is 0 Å². The molecule has 2 heteroatoms. The first-order valence-electron chi connectivity index (χ1n) is 5.58. The number of aliphatic hydroxyl groups excluding tert-OH is 1. The van der Waals surface area contributed by atoms with E-state index in [1.54, 1.807) is 6.07 Å². The lowest BCUT2D eigenvalue weighted by molar-refractivity contribution is 0.158. The largest absolute Gasteiger partial charge is 0.393 e. The number of aryl methyl sites for hydroxylation is 1. The van der Waals surface area contributed by atoms with E-state index < -0.39 is 0 Å². The van der Waals surface area contributed by atoms with Crippen LogP contribution < -0.4 is 0 Å². The van der Waals surface area contributed by atoms with Gasteiger partial charge < -0.3 is 5.11 Å². The Kier molecular flexibility index (Phi) is 3.06. The maximum Gasteiger partial charge on any atom is 0.123 e. The van der Waals surface area contributed by atoms with Crippen LogP contribution in [0.3, 0.4) is 0 Å². The topological polar surface area (TPSA) is 20.2 Å². The van der Waals surface area contributed by atoms with Gasteiger partial charge in [-0.1, -0.05) is 18.9 Å². The predicted molar refractivity (Wildman–Crippen MR) is 58.2 cm³/mol. The van der Waals surface area contributed by atoms with Crippen LogP contribution in [0.25, 0.3) is 0 Å². The molecular weight excluding hydrogens is 191 g/mol. The summed E-state index contributed by atoms with van der Waals surface area (Å²) in [5.74, 6) is 0.536. The number of hydrogen-bond donors (Lipinski definition) is 1. The van der Waals surface area contributed by atoms with Gasteiger partial charge in [-0.05, 0) is 48.9 Å². The molecule has 0 bridgehead atoms. The lowest BCUT2D eigenvalue weighted by atomic mass is 10.00. The summed E-state index contributed by atoms with van der Waals surface area (Å²) in [7, 11) is 0. The van der Waals surface area contributed by atoms with Crippen LogP contribution >= 0.6 is 0 Å². The zero-order valence-corrected chi connectivity index (χ0v) is 9.04. The van der Waals surface area contributed by atoms with Crippen LogP contribution in [0.5, 0.6) is 0 Å². The number of rotatable bonds is 4. The molecule has 0 aliphatic heterocycles. The van der Waals surface area contributed by atoms with Crippen molar-refractivity contribution in [2.75, 3.05) is 0 Å². The number of benzene rings is 1. The van der Waals surface area contributed by atoms with Crippen molar-refractivity contribution in [3.8, 4) is 0 Å². The lowest BCUT2D eigenvalue weighted by Crippen LogP contribution is -2.12. The Hall–Kier alpha value is -0.890. The van der Waals surface area contributed by atoms with Gasteiger partial charge in [0.2, 0.25) is 0 Å². The van der Waals surface area contributed by atoms with E-state index in [1.165, 1.54) is 25.0 Å². The fourth-order valence-corrected chi connectivity index (χ4v) is 1.96. The molecule has 0 amide bonds. The third-order valence-corrected chi connectivity index (χ3v) is 3.06. The second-order valence-electron chi connectivity index (χ2n) is 4.61. The van der Waals surface area contributed by atoms with Crippen molar-refractivity contribution >= 4 is 0 Å². The van der Waals surface area contributed by atoms with Crippen LogP contribution in [0.1, 0.15) is 30.4 Å². The van der Waals surface area contributed by atoms with Gasteiger partial charge in [0.05, 0.1) is 6.10 Å². The van der Waals surface area contributed by atoms with Crippen molar-refractivity contribution in [1.29, 1.82) is 0 Å². The molecule has 1 nitrogen and oxygen atoms in total. The van der Waals surface area contributed by atoms with E-state index in [1.807, 2.05) is 6.92 Å². The van der Waals surface area contributed by atoms with E-state index in [-0.39, 0.29) is 11.9 Å². The van der Waals surface area contributed by atoms with Crippen molar-refractivity contribution in [2.45, 2.75) is 38.7 Å². The summed E-state index contributed by atoms with van der Waals surface area (Å²) in [6.07, 6.45) is 3.82. The fraction of sp³-hybridized carbons (Fsp3) is 0.538. The van der Waals surface area contributed by atoms with Crippen molar-refractivity contribution in [3.05, 3.63) is 35.1 Å². The second kappa shape index (κ2) is 4.31. The molecule has 2 rings (SSSR count). The van der Waals surface area contributed by atoms with E-state index in [2.05, 4.69) is 0 Å². The van der Waals surface area contributed by atoms with Gasteiger partial charge in [0.1, 0.15) is 5.82 Å². The third kappa shape index (κ3) is 3.03. The Morgan fingerprint density at radius 2 is 2.20 bits per heavy atom. The van der Waals surface area contributed by atoms with Crippen LogP contribution in [0.2, 0.25) is 0 Å². The summed E-state index contributed by atoms with van der Waals surface area (Å²) in [6, 6.07) is 4.77. The summed E-state index contributed by atoms with van der Waals surface area (Å²) in [4.78, 5) is 0. The van der Waals surface area contributed by atoms with Gasteiger partial charge in [-0.25, -0.2) is 4.39 Å². The summed E-state index contributed by atoms with van der Waals surface area (Å²) in [6.45, 7) is 1.89. The van der Waals surface area contributed by atoms with Crippen molar-refractivity contribution in [1.82, 2.24) is 0 Å². The van der Waals surface area contributed by atoms with Gasteiger partial charge >= 0.3 is 0 Å². The zero-order valence-electron chi connectivity index (χ0n) is 9.04. The molecule has 1 aromatic rings. The molecule has 0 heterocycles. The average Bonchev–Trinajstić information content (AvgIpc) is 2.94. The highest BCUT2D eigenvalue weighted by Gasteiger charge is 2.24. The Morgan fingerprint density at radius 1 is 1.47 bits per heavy atom. The molecule has 0 radical (unpaired) electrons. The van der Waals surface area contributed by atoms with E-state index in [0.29, 0.717) is 6.42 Å². The summed E-state index contributed by atoms with van der Waals surface area (Å²) < 4.78 is 12.8. The molecule has 1 aromatic carbocycles. The minimum atomic E-state index is -0.262. The molecule has 0 saturated heterocycles. The lowest BCUT2D eigenvalue weighted by Gasteiger charge is -2.11. The van der Waals surface area contributed by atoms with Crippen molar-refractivity contribution in [3.63, 3.8) is 0 Å². The van der Waals surface area contributed by atoms with Crippen molar-refractivity contribution < 1.29 is 9.50 Å². The fourth-order valence-electron chi connectivity index (χ4n) is 1.96. The quantitative estimate of drug-likeness (QED) is 0.806. The molecule has 1 saturated carbocycles. The normalized spacial score (nSPS) is 17.8. The second-order valence-corrected chi connectivity index (χ2v) is 4.61. The molecule has 1 unspecified atom stereocenters. The molecule has 1 fully saturated rings. The molecule has 1 aliphatic rings. The minimum absolute atomic E-state index is 0.201. The summed E-state index contributed by atoms with van der Waals surface area (Å²) in [5.41, 5.74) is 1.99. The van der Waals surface area contributed by atoms with Crippen molar-refractivity contribution in [2.24, 2.45) is 5.92 Å². The predicted octanol–water partition coefficient (Wildman–Crippen LogP) is 2.84. The number of halogens is 1. The van der Waals surface area contributed by atoms with Crippen LogP contribution in [0.4, 0.5) is 4.39 Å². The molecule has 82 valence electrons. The first kappa shape index (κ1) is 10.6. The van der Waals surface area contributed by atoms with Crippen LogP contribution in [-0.4, -0.2) is 11.2 Å². The van der Waals surface area contributed by atoms with E-state index in [9.17, 15) is 9.50 Å². The van der Waals surface area contributed by atoms with Gasteiger partial charge in [0.25, 0.3) is 0 Å². The summed E-state index contributed by atoms with van der Waals surface area (Å²) in [5, 5.41) is 9.81. The van der Waals surface area contributed by atoms with E-state index in [4.69, 9.17) is 0 Å². The van der Waals surface area contributed by atoms with Crippen LogP contribution in [0, 0.1) is 18.7 Å². The Bertz CT molecular complexity index is 344. The molecule has 0 aromatic heterocycles. The molecule has 1 N–H and O–H groups in total. The van der Waals surface area contributed by atoms with Gasteiger partial charge in [0.15, 0.2) is 0 Å². The smallest absolute Gasteiger partial charge is 0.123 e. The molecule has 0 spiro atoms. The average molecular weight is 208 g/mol. The Balaban J connectivity index is 1.96. The highest BCUT2D eigenvalue weighted by molar-refractivity contribution is 5.27. The van der Waals surface area contributed by atoms with Gasteiger partial charge in [-0.2, -0.15) is 0 Å². The summed E-state index contributed by atoms with van der Waals surface area (Å²) >= 11 is 0. The zero-order chi connectivity index (χ0) is 10.8. The van der Waals surface area contributed by atoms with E-state index >= 15 is 0 Å². The highest BCUT2D eigenvalue weighted by Crippen LogP contribution is 2.34. The van der Waals surface area contributed by atoms with E-state index in [0.717, 1.165) is 23.5 Å². The Morgan fingerprint density at radius 3 is 2.80 bits per heavy atom. The maximum atomic E-state index is 12.8. The number of aliphatic hydroxyl groups is 1. The minimum Gasteiger partial charge on any atom is -0.393 e. The third-order valence-electron chi connectivity index (χ3n) is 3.06. The number of hydrogen-bond acceptors (Lipinski definition) is 1. The molecule has 15 heavy (non-hydrogen) atoms. The van der Waals surface area contributed by atoms with Gasteiger partial charge in [-0.15, -0.1) is 0 Å². The standard InChI is InChI=1S/C13H17FO/c1-9-6-12(14)5-4-11(9)8-13(15)7-10-2-3-10/h4-6,10,13,15H,2-3,7-8H2,1H3. The van der Waals surface area contributed by atoms with Crippen LogP contribution in [0.15, 0.2) is 18.2 Å². The highest BCUT2D eigenvalue weighted by atomic mass is 19.1. The molecule has 1 aliphatic carbocycles. The first-order chi connectivity index (χ1) is 7.15. The van der Waals surface area contributed by atoms with Crippen LogP contribution in [-0.2, 0) is 6.42 Å². The molecular formula is C13H17FO. The maximum absolute atomic E-state index is 12.8.